The second kappa shape index (κ2) is 5.28. The molecule has 1 aliphatic carbocycles. The third-order valence-corrected chi connectivity index (χ3v) is 3.33. The minimum Gasteiger partial charge on any atom is -0.347 e. The van der Waals surface area contributed by atoms with Gasteiger partial charge in [-0.25, -0.2) is 0 Å². The van der Waals surface area contributed by atoms with Crippen LogP contribution in [0.5, 0.6) is 0 Å². The van der Waals surface area contributed by atoms with Gasteiger partial charge in [0, 0.05) is 19.4 Å². The third-order valence-electron chi connectivity index (χ3n) is 3.33. The van der Waals surface area contributed by atoms with Crippen molar-refractivity contribution in [2.24, 2.45) is 0 Å². The highest BCUT2D eigenvalue weighted by atomic mass is 16.7. The summed E-state index contributed by atoms with van der Waals surface area (Å²) >= 11 is 0. The van der Waals surface area contributed by atoms with Crippen molar-refractivity contribution in [3.8, 4) is 0 Å². The fourth-order valence-corrected chi connectivity index (χ4v) is 2.51. The minimum absolute atomic E-state index is 0.198. The predicted octanol–water partition coefficient (Wildman–Crippen LogP) is 2.06. The van der Waals surface area contributed by atoms with Crippen LogP contribution in [0.4, 0.5) is 0 Å². The van der Waals surface area contributed by atoms with Gasteiger partial charge in [-0.1, -0.05) is 13.3 Å². The number of ether oxygens (including phenoxy) is 2. The second-order valence-electron chi connectivity index (χ2n) is 4.73. The molecular weight excluding hydrogens is 190 g/mol. The van der Waals surface area contributed by atoms with E-state index in [0.29, 0.717) is 0 Å². The average molecular weight is 213 g/mol. The van der Waals surface area contributed by atoms with Crippen LogP contribution in [0.1, 0.15) is 45.4 Å². The van der Waals surface area contributed by atoms with Crippen molar-refractivity contribution in [1.82, 2.24) is 5.32 Å². The van der Waals surface area contributed by atoms with Gasteiger partial charge in [0.2, 0.25) is 0 Å². The molecule has 1 aliphatic heterocycles. The zero-order chi connectivity index (χ0) is 10.6. The zero-order valence-corrected chi connectivity index (χ0v) is 9.76. The van der Waals surface area contributed by atoms with Crippen LogP contribution in [0.25, 0.3) is 0 Å². The fraction of sp³-hybridized carbons (Fsp3) is 1.00. The van der Waals surface area contributed by atoms with E-state index in [2.05, 4.69) is 12.2 Å². The monoisotopic (exact) mass is 213 g/mol. The van der Waals surface area contributed by atoms with Gasteiger partial charge in [0.1, 0.15) is 0 Å². The van der Waals surface area contributed by atoms with Gasteiger partial charge in [-0.05, 0) is 25.8 Å². The van der Waals surface area contributed by atoms with Crippen LogP contribution in [-0.2, 0) is 9.47 Å². The molecule has 3 nitrogen and oxygen atoms in total. The molecule has 1 spiro atoms. The highest BCUT2D eigenvalue weighted by Crippen LogP contribution is 2.37. The SMILES string of the molecule is CCCNCC1COC2(CCCCC2)O1. The summed E-state index contributed by atoms with van der Waals surface area (Å²) in [5.74, 6) is -0.198. The van der Waals surface area contributed by atoms with E-state index in [0.717, 1.165) is 32.5 Å². The molecule has 1 unspecified atom stereocenters. The standard InChI is InChI=1S/C12H23NO2/c1-2-8-13-9-11-10-14-12(15-11)6-4-3-5-7-12/h11,13H,2-10H2,1H3. The summed E-state index contributed by atoms with van der Waals surface area (Å²) in [5.41, 5.74) is 0. The van der Waals surface area contributed by atoms with Gasteiger partial charge in [0.05, 0.1) is 12.7 Å². The van der Waals surface area contributed by atoms with E-state index in [4.69, 9.17) is 9.47 Å². The van der Waals surface area contributed by atoms with E-state index in [1.54, 1.807) is 0 Å². The summed E-state index contributed by atoms with van der Waals surface area (Å²) in [6.07, 6.45) is 7.50. The van der Waals surface area contributed by atoms with E-state index in [9.17, 15) is 0 Å². The van der Waals surface area contributed by atoms with E-state index in [1.165, 1.54) is 25.7 Å². The molecule has 2 rings (SSSR count). The van der Waals surface area contributed by atoms with Crippen LogP contribution in [0.2, 0.25) is 0 Å². The van der Waals surface area contributed by atoms with Crippen molar-refractivity contribution >= 4 is 0 Å². The van der Waals surface area contributed by atoms with E-state index in [-0.39, 0.29) is 11.9 Å². The van der Waals surface area contributed by atoms with Crippen LogP contribution in [0.3, 0.4) is 0 Å². The Hall–Kier alpha value is -0.120. The highest BCUT2D eigenvalue weighted by Gasteiger charge is 2.41. The van der Waals surface area contributed by atoms with Crippen LogP contribution in [0.15, 0.2) is 0 Å². The lowest BCUT2D eigenvalue weighted by atomic mass is 9.94. The van der Waals surface area contributed by atoms with E-state index >= 15 is 0 Å². The summed E-state index contributed by atoms with van der Waals surface area (Å²) in [4.78, 5) is 0. The molecule has 1 saturated heterocycles. The Balaban J connectivity index is 1.73. The molecule has 1 heterocycles. The maximum atomic E-state index is 6.05. The molecule has 1 saturated carbocycles. The van der Waals surface area contributed by atoms with Crippen LogP contribution >= 0.6 is 0 Å². The number of rotatable bonds is 4. The van der Waals surface area contributed by atoms with Crippen molar-refractivity contribution in [2.75, 3.05) is 19.7 Å². The number of nitrogens with one attached hydrogen (secondary N) is 1. The normalized spacial score (nSPS) is 29.8. The van der Waals surface area contributed by atoms with Gasteiger partial charge >= 0.3 is 0 Å². The van der Waals surface area contributed by atoms with Crippen LogP contribution < -0.4 is 5.32 Å². The summed E-state index contributed by atoms with van der Waals surface area (Å²) < 4.78 is 11.9. The van der Waals surface area contributed by atoms with Gasteiger partial charge in [0.15, 0.2) is 5.79 Å². The smallest absolute Gasteiger partial charge is 0.168 e. The Morgan fingerprint density at radius 2 is 2.07 bits per heavy atom. The Kier molecular flexibility index (Phi) is 4.00. The summed E-state index contributed by atoms with van der Waals surface area (Å²) in [5, 5.41) is 3.39. The fourth-order valence-electron chi connectivity index (χ4n) is 2.51. The van der Waals surface area contributed by atoms with Crippen molar-refractivity contribution < 1.29 is 9.47 Å². The van der Waals surface area contributed by atoms with Crippen LogP contribution in [0, 0.1) is 0 Å². The first-order chi connectivity index (χ1) is 7.35. The Labute approximate surface area is 92.5 Å². The molecule has 0 amide bonds. The zero-order valence-electron chi connectivity index (χ0n) is 9.76. The Morgan fingerprint density at radius 3 is 2.80 bits per heavy atom. The largest absolute Gasteiger partial charge is 0.347 e. The maximum absolute atomic E-state index is 6.05. The molecule has 0 aromatic rings. The van der Waals surface area contributed by atoms with E-state index < -0.39 is 0 Å². The molecule has 2 aliphatic rings. The lowest BCUT2D eigenvalue weighted by Crippen LogP contribution is -2.35. The van der Waals surface area contributed by atoms with E-state index in [1.807, 2.05) is 0 Å². The molecule has 0 radical (unpaired) electrons. The molecule has 0 aromatic carbocycles. The highest BCUT2D eigenvalue weighted by molar-refractivity contribution is 4.83. The topological polar surface area (TPSA) is 30.5 Å². The first kappa shape index (κ1) is 11.4. The molecule has 2 fully saturated rings. The summed E-state index contributed by atoms with van der Waals surface area (Å²) in [6.45, 7) is 4.97. The minimum atomic E-state index is -0.198. The third kappa shape index (κ3) is 2.92. The van der Waals surface area contributed by atoms with Gasteiger partial charge in [-0.2, -0.15) is 0 Å². The molecule has 0 aromatic heterocycles. The predicted molar refractivity (Wildman–Crippen MR) is 59.8 cm³/mol. The molecule has 1 N–H and O–H groups in total. The first-order valence-electron chi connectivity index (χ1n) is 6.37. The average Bonchev–Trinajstić information content (AvgIpc) is 2.63. The van der Waals surface area contributed by atoms with Gasteiger partial charge < -0.3 is 14.8 Å². The van der Waals surface area contributed by atoms with Crippen LogP contribution in [-0.4, -0.2) is 31.6 Å². The quantitative estimate of drug-likeness (QED) is 0.725. The van der Waals surface area contributed by atoms with Gasteiger partial charge in [-0.15, -0.1) is 0 Å². The summed E-state index contributed by atoms with van der Waals surface area (Å²) in [7, 11) is 0. The molecule has 0 bridgehead atoms. The Bertz CT molecular complexity index is 188. The Morgan fingerprint density at radius 1 is 1.27 bits per heavy atom. The lowest BCUT2D eigenvalue weighted by molar-refractivity contribution is -0.186. The number of hydrogen-bond acceptors (Lipinski definition) is 3. The first-order valence-corrected chi connectivity index (χ1v) is 6.37. The van der Waals surface area contributed by atoms with Crippen molar-refractivity contribution in [1.29, 1.82) is 0 Å². The summed E-state index contributed by atoms with van der Waals surface area (Å²) in [6, 6.07) is 0. The maximum Gasteiger partial charge on any atom is 0.168 e. The molecule has 3 heteroatoms. The second-order valence-corrected chi connectivity index (χ2v) is 4.73. The number of hydrogen-bond donors (Lipinski definition) is 1. The lowest BCUT2D eigenvalue weighted by Gasteiger charge is -2.31. The molecule has 88 valence electrons. The molecular formula is C12H23NO2. The van der Waals surface area contributed by atoms with Crippen molar-refractivity contribution in [2.45, 2.75) is 57.3 Å². The molecule has 15 heavy (non-hydrogen) atoms. The molecule has 1 atom stereocenters. The van der Waals surface area contributed by atoms with Crippen molar-refractivity contribution in [3.63, 3.8) is 0 Å². The van der Waals surface area contributed by atoms with Gasteiger partial charge in [-0.3, -0.25) is 0 Å². The van der Waals surface area contributed by atoms with Crippen molar-refractivity contribution in [3.05, 3.63) is 0 Å². The van der Waals surface area contributed by atoms with Gasteiger partial charge in [0.25, 0.3) is 0 Å².